The van der Waals surface area contributed by atoms with E-state index in [1.807, 2.05) is 0 Å². The van der Waals surface area contributed by atoms with E-state index in [0.29, 0.717) is 12.1 Å². The van der Waals surface area contributed by atoms with Gasteiger partial charge in [0.1, 0.15) is 5.82 Å². The number of hydrogen-bond acceptors (Lipinski definition) is 3. The van der Waals surface area contributed by atoms with Crippen LogP contribution in [0.5, 0.6) is 0 Å². The molecule has 1 fully saturated rings. The highest BCUT2D eigenvalue weighted by molar-refractivity contribution is 7.12. The Morgan fingerprint density at radius 3 is 2.77 bits per heavy atom. The molecule has 0 radical (unpaired) electrons. The van der Waals surface area contributed by atoms with Gasteiger partial charge in [0.05, 0.1) is 10.8 Å². The van der Waals surface area contributed by atoms with Crippen LogP contribution in [0.1, 0.15) is 45.1 Å². The minimum Gasteiger partial charge on any atom is -0.481 e. The number of carbonyl (C=O) groups excluding carboxylic acids is 1. The first-order valence-electron chi connectivity index (χ1n) is 8.91. The van der Waals surface area contributed by atoms with Crippen molar-refractivity contribution < 1.29 is 19.1 Å². The van der Waals surface area contributed by atoms with Gasteiger partial charge in [0, 0.05) is 19.0 Å². The molecule has 136 valence electrons. The third-order valence-electron chi connectivity index (χ3n) is 5.50. The summed E-state index contributed by atoms with van der Waals surface area (Å²) in [6.07, 6.45) is 4.18. The molecule has 26 heavy (non-hydrogen) atoms. The van der Waals surface area contributed by atoms with Crippen molar-refractivity contribution in [3.8, 4) is 0 Å². The molecule has 6 heteroatoms. The SMILES string of the molecule is O=C(O)[C@@H]1CN(C(=O)c2scc3c2CCCC3)C[C@H]1c1cccc(F)c1. The Hall–Kier alpha value is -2.21. The van der Waals surface area contributed by atoms with E-state index in [-0.39, 0.29) is 24.2 Å². The Balaban J connectivity index is 1.61. The van der Waals surface area contributed by atoms with Crippen molar-refractivity contribution in [3.05, 3.63) is 57.0 Å². The average Bonchev–Trinajstić information content (AvgIpc) is 3.26. The summed E-state index contributed by atoms with van der Waals surface area (Å²) in [5.74, 6) is -2.51. The first-order valence-corrected chi connectivity index (χ1v) is 9.79. The van der Waals surface area contributed by atoms with E-state index in [9.17, 15) is 19.1 Å². The molecule has 2 atom stereocenters. The normalized spacial score (nSPS) is 22.3. The number of fused-ring (bicyclic) bond motifs is 1. The molecule has 1 N–H and O–H groups in total. The Morgan fingerprint density at radius 2 is 2.00 bits per heavy atom. The first-order chi connectivity index (χ1) is 12.5. The summed E-state index contributed by atoms with van der Waals surface area (Å²) in [7, 11) is 0. The fourth-order valence-electron chi connectivity index (χ4n) is 4.14. The van der Waals surface area contributed by atoms with Crippen LogP contribution in [-0.2, 0) is 17.6 Å². The quantitative estimate of drug-likeness (QED) is 0.892. The van der Waals surface area contributed by atoms with Gasteiger partial charge in [-0.3, -0.25) is 9.59 Å². The first kappa shape index (κ1) is 17.2. The van der Waals surface area contributed by atoms with Crippen LogP contribution < -0.4 is 0 Å². The molecule has 1 saturated heterocycles. The minimum absolute atomic E-state index is 0.0803. The molecule has 0 unspecified atom stereocenters. The summed E-state index contributed by atoms with van der Waals surface area (Å²) in [6.45, 7) is 0.480. The van der Waals surface area contributed by atoms with Crippen LogP contribution in [0.15, 0.2) is 29.6 Å². The number of amides is 1. The van der Waals surface area contributed by atoms with Gasteiger partial charge >= 0.3 is 5.97 Å². The van der Waals surface area contributed by atoms with Gasteiger partial charge in [-0.1, -0.05) is 12.1 Å². The van der Waals surface area contributed by atoms with Crippen LogP contribution in [0.4, 0.5) is 4.39 Å². The Bertz CT molecular complexity index is 862. The summed E-state index contributed by atoms with van der Waals surface area (Å²) in [5.41, 5.74) is 3.05. The van der Waals surface area contributed by atoms with Gasteiger partial charge in [-0.2, -0.15) is 0 Å². The second-order valence-electron chi connectivity index (χ2n) is 7.09. The molecule has 2 aromatic rings. The number of aryl methyl sites for hydroxylation is 1. The number of thiophene rings is 1. The number of carboxylic acid groups (broad SMARTS) is 1. The highest BCUT2D eigenvalue weighted by atomic mass is 32.1. The van der Waals surface area contributed by atoms with Gasteiger partial charge in [-0.15, -0.1) is 11.3 Å². The molecule has 1 amide bonds. The van der Waals surface area contributed by atoms with Crippen LogP contribution in [0.25, 0.3) is 0 Å². The molecule has 1 aromatic carbocycles. The molecule has 0 saturated carbocycles. The van der Waals surface area contributed by atoms with E-state index in [2.05, 4.69) is 5.38 Å². The lowest BCUT2D eigenvalue weighted by Gasteiger charge is -2.18. The Morgan fingerprint density at radius 1 is 1.19 bits per heavy atom. The lowest BCUT2D eigenvalue weighted by molar-refractivity contribution is -0.141. The summed E-state index contributed by atoms with van der Waals surface area (Å²) in [5, 5.41) is 11.7. The summed E-state index contributed by atoms with van der Waals surface area (Å²) in [4.78, 5) is 27.2. The summed E-state index contributed by atoms with van der Waals surface area (Å²) in [6, 6.07) is 6.05. The largest absolute Gasteiger partial charge is 0.481 e. The number of benzene rings is 1. The van der Waals surface area contributed by atoms with E-state index in [1.54, 1.807) is 17.0 Å². The summed E-state index contributed by atoms with van der Waals surface area (Å²) < 4.78 is 13.6. The molecule has 0 spiro atoms. The zero-order valence-electron chi connectivity index (χ0n) is 14.3. The Kier molecular flexibility index (Phi) is 4.53. The number of aliphatic carboxylic acids is 1. The number of halogens is 1. The summed E-state index contributed by atoms with van der Waals surface area (Å²) >= 11 is 1.47. The highest BCUT2D eigenvalue weighted by Gasteiger charge is 2.41. The monoisotopic (exact) mass is 373 g/mol. The average molecular weight is 373 g/mol. The van der Waals surface area contributed by atoms with Crippen LogP contribution in [0.2, 0.25) is 0 Å². The Labute approximate surface area is 155 Å². The molecule has 4 nitrogen and oxygen atoms in total. The van der Waals surface area contributed by atoms with Gasteiger partial charge in [0.2, 0.25) is 0 Å². The van der Waals surface area contributed by atoms with Crippen LogP contribution >= 0.6 is 11.3 Å². The number of carbonyl (C=O) groups is 2. The number of likely N-dealkylation sites (tertiary alicyclic amines) is 1. The van der Waals surface area contributed by atoms with E-state index in [0.717, 1.165) is 36.1 Å². The maximum absolute atomic E-state index is 13.6. The van der Waals surface area contributed by atoms with Crippen LogP contribution in [0.3, 0.4) is 0 Å². The van der Waals surface area contributed by atoms with Crippen molar-refractivity contribution >= 4 is 23.2 Å². The number of rotatable bonds is 3. The molecule has 2 aliphatic rings. The second kappa shape index (κ2) is 6.83. The van der Waals surface area contributed by atoms with Gasteiger partial charge in [-0.05, 0) is 59.9 Å². The molecular formula is C20H20FNO3S. The number of carboxylic acids is 1. The maximum Gasteiger partial charge on any atom is 0.308 e. The predicted molar refractivity (Wildman–Crippen MR) is 97.1 cm³/mol. The third-order valence-corrected chi connectivity index (χ3v) is 6.56. The van der Waals surface area contributed by atoms with E-state index >= 15 is 0 Å². The van der Waals surface area contributed by atoms with Gasteiger partial charge < -0.3 is 10.0 Å². The van der Waals surface area contributed by atoms with Crippen molar-refractivity contribution in [2.24, 2.45) is 5.92 Å². The molecule has 1 aliphatic carbocycles. The second-order valence-corrected chi connectivity index (χ2v) is 7.97. The lowest BCUT2D eigenvalue weighted by Crippen LogP contribution is -2.30. The molecule has 1 aliphatic heterocycles. The molecule has 4 rings (SSSR count). The fourth-order valence-corrected chi connectivity index (χ4v) is 5.26. The van der Waals surface area contributed by atoms with E-state index < -0.39 is 11.9 Å². The molecular weight excluding hydrogens is 353 g/mol. The third kappa shape index (κ3) is 3.03. The molecule has 2 heterocycles. The zero-order chi connectivity index (χ0) is 18.3. The fraction of sp³-hybridized carbons (Fsp3) is 0.400. The van der Waals surface area contributed by atoms with Gasteiger partial charge in [0.15, 0.2) is 0 Å². The zero-order valence-corrected chi connectivity index (χ0v) is 15.1. The maximum atomic E-state index is 13.6. The molecule has 1 aromatic heterocycles. The standard InChI is InChI=1S/C20H20FNO3S/c21-14-6-3-5-12(8-14)16-9-22(10-17(16)20(24)25)19(23)18-15-7-2-1-4-13(15)11-26-18/h3,5-6,8,11,16-17H,1-2,4,7,9-10H2,(H,24,25)/t16-,17+/m0/s1. The number of hydrogen-bond donors (Lipinski definition) is 1. The van der Waals surface area contributed by atoms with E-state index in [4.69, 9.17) is 0 Å². The van der Waals surface area contributed by atoms with Gasteiger partial charge in [0.25, 0.3) is 5.91 Å². The van der Waals surface area contributed by atoms with E-state index in [1.165, 1.54) is 29.0 Å². The van der Waals surface area contributed by atoms with Crippen molar-refractivity contribution in [2.45, 2.75) is 31.6 Å². The van der Waals surface area contributed by atoms with Crippen molar-refractivity contribution in [1.82, 2.24) is 4.90 Å². The van der Waals surface area contributed by atoms with Crippen molar-refractivity contribution in [2.75, 3.05) is 13.1 Å². The van der Waals surface area contributed by atoms with Crippen molar-refractivity contribution in [1.29, 1.82) is 0 Å². The minimum atomic E-state index is -0.942. The highest BCUT2D eigenvalue weighted by Crippen LogP contribution is 2.36. The van der Waals surface area contributed by atoms with Crippen LogP contribution in [-0.4, -0.2) is 35.0 Å². The predicted octanol–water partition coefficient (Wildman–Crippen LogP) is 3.71. The topological polar surface area (TPSA) is 57.6 Å². The van der Waals surface area contributed by atoms with Gasteiger partial charge in [-0.25, -0.2) is 4.39 Å². The lowest BCUT2D eigenvalue weighted by atomic mass is 9.89. The van der Waals surface area contributed by atoms with Crippen LogP contribution in [0, 0.1) is 11.7 Å². The number of nitrogens with zero attached hydrogens (tertiary/aromatic N) is 1. The molecule has 0 bridgehead atoms. The smallest absolute Gasteiger partial charge is 0.308 e. The van der Waals surface area contributed by atoms with Crippen molar-refractivity contribution in [3.63, 3.8) is 0 Å².